The Labute approximate surface area is 316 Å². The number of nitrogen functional groups attached to an aromatic ring is 2. The van der Waals surface area contributed by atoms with Gasteiger partial charge in [-0.1, -0.05) is 0 Å². The molecule has 6 aromatic heterocycles. The van der Waals surface area contributed by atoms with E-state index in [9.17, 15) is 8.42 Å². The van der Waals surface area contributed by atoms with Crippen molar-refractivity contribution in [3.8, 4) is 22.3 Å². The summed E-state index contributed by atoms with van der Waals surface area (Å²) in [4.78, 5) is 9.74. The molecule has 2 saturated heterocycles. The quantitative estimate of drug-likeness (QED) is 0.165. The third-order valence-electron chi connectivity index (χ3n) is 9.18. The van der Waals surface area contributed by atoms with Gasteiger partial charge in [0, 0.05) is 113 Å². The van der Waals surface area contributed by atoms with E-state index in [1.807, 2.05) is 32.7 Å². The second-order valence-electron chi connectivity index (χ2n) is 12.9. The van der Waals surface area contributed by atoms with Crippen LogP contribution in [0.25, 0.3) is 33.5 Å². The number of sulfonamides is 1. The number of anilines is 2. The Kier molecular flexibility index (Phi) is 10.3. The molecule has 2 aliphatic rings. The fourth-order valence-electron chi connectivity index (χ4n) is 6.46. The fraction of sp³-hybridized carbons (Fsp3) is 0.419. The molecular weight excluding hydrogens is 820 g/mol. The molecule has 0 spiro atoms. The molecule has 2 aliphatic heterocycles. The first-order valence-electron chi connectivity index (χ1n) is 16.6. The van der Waals surface area contributed by atoms with Crippen LogP contribution in [-0.4, -0.2) is 120 Å². The van der Waals surface area contributed by atoms with E-state index in [1.165, 1.54) is 10.6 Å². The smallest absolute Gasteiger partial charge is 0.211 e. The molecule has 0 aromatic carbocycles. The molecule has 0 aliphatic carbocycles. The monoisotopic (exact) mass is 858 g/mol. The first-order chi connectivity index (χ1) is 24.9. The standard InChI is InChI=1S/C16H21BrN8O2S.C15H19BrN8/c1-23-8-10(6-20-23)12-7-21-25-15(18)13(17)14(22-16(12)25)11-5-19-3-4-24(9-11)28(2,26)27;1-23-8-10(6-20-23)11-7-21-24-14(17)12(16)13(22-15(11)24)9-4-18-2-3-19-5-9/h6-8,11,19H,3-5,9,18H2,1-2H3;6-9,18-19H,2-5,17H2,1H3. The van der Waals surface area contributed by atoms with Gasteiger partial charge in [0.25, 0.3) is 0 Å². The van der Waals surface area contributed by atoms with E-state index in [0.29, 0.717) is 53.6 Å². The Morgan fingerprint density at radius 2 is 1.17 bits per heavy atom. The fourth-order valence-corrected chi connectivity index (χ4v) is 8.49. The zero-order valence-corrected chi connectivity index (χ0v) is 32.8. The molecule has 0 saturated carbocycles. The Morgan fingerprint density at radius 3 is 1.63 bits per heavy atom. The minimum Gasteiger partial charge on any atom is -0.383 e. The van der Waals surface area contributed by atoms with Crippen LogP contribution in [0.2, 0.25) is 0 Å². The van der Waals surface area contributed by atoms with E-state index in [4.69, 9.17) is 21.4 Å². The van der Waals surface area contributed by atoms with Crippen LogP contribution in [0, 0.1) is 0 Å². The average Bonchev–Trinajstić information content (AvgIpc) is 3.85. The summed E-state index contributed by atoms with van der Waals surface area (Å²) in [7, 11) is 0.431. The lowest BCUT2D eigenvalue weighted by Gasteiger charge is -2.22. The van der Waals surface area contributed by atoms with E-state index < -0.39 is 10.0 Å². The molecular formula is C31H40Br2N16O2S. The highest BCUT2D eigenvalue weighted by atomic mass is 79.9. The molecule has 21 heteroatoms. The summed E-state index contributed by atoms with van der Waals surface area (Å²) in [6.45, 7) is 5.60. The predicted molar refractivity (Wildman–Crippen MR) is 205 cm³/mol. The average molecular weight is 861 g/mol. The van der Waals surface area contributed by atoms with Crippen molar-refractivity contribution >= 4 is 64.8 Å². The van der Waals surface area contributed by atoms with Crippen LogP contribution in [0.4, 0.5) is 11.6 Å². The number of aromatic nitrogens is 10. The summed E-state index contributed by atoms with van der Waals surface area (Å²) in [5, 5.41) is 27.4. The van der Waals surface area contributed by atoms with Crippen LogP contribution in [-0.2, 0) is 24.1 Å². The minimum absolute atomic E-state index is 0.157. The number of hydrogen-bond donors (Lipinski definition) is 5. The van der Waals surface area contributed by atoms with Gasteiger partial charge in [-0.15, -0.1) is 0 Å². The second-order valence-corrected chi connectivity index (χ2v) is 16.5. The van der Waals surface area contributed by atoms with E-state index in [1.54, 1.807) is 37.0 Å². The molecule has 0 radical (unpaired) electrons. The number of nitrogens with zero attached hydrogens (tertiary/aromatic N) is 11. The van der Waals surface area contributed by atoms with Crippen molar-refractivity contribution in [1.29, 1.82) is 0 Å². The van der Waals surface area contributed by atoms with Gasteiger partial charge in [-0.25, -0.2) is 22.7 Å². The second kappa shape index (κ2) is 14.8. The third kappa shape index (κ3) is 7.17. The van der Waals surface area contributed by atoms with Crippen LogP contribution in [0.1, 0.15) is 23.2 Å². The van der Waals surface area contributed by atoms with Gasteiger partial charge in [0.15, 0.2) is 11.3 Å². The van der Waals surface area contributed by atoms with E-state index in [0.717, 1.165) is 64.2 Å². The number of nitrogens with two attached hydrogens (primary N) is 2. The summed E-state index contributed by atoms with van der Waals surface area (Å²) in [6.07, 6.45) is 12.1. The van der Waals surface area contributed by atoms with Gasteiger partial charge in [0.2, 0.25) is 10.0 Å². The molecule has 1 unspecified atom stereocenters. The van der Waals surface area contributed by atoms with E-state index in [-0.39, 0.29) is 11.8 Å². The van der Waals surface area contributed by atoms with Gasteiger partial charge >= 0.3 is 0 Å². The first-order valence-corrected chi connectivity index (χ1v) is 20.0. The van der Waals surface area contributed by atoms with Crippen molar-refractivity contribution in [2.75, 3.05) is 70.1 Å². The topological polar surface area (TPSA) is 222 Å². The molecule has 8 rings (SSSR count). The van der Waals surface area contributed by atoms with Crippen LogP contribution < -0.4 is 27.4 Å². The number of rotatable bonds is 5. The van der Waals surface area contributed by atoms with Crippen LogP contribution in [0.5, 0.6) is 0 Å². The van der Waals surface area contributed by atoms with E-state index >= 15 is 0 Å². The molecule has 52 heavy (non-hydrogen) atoms. The van der Waals surface area contributed by atoms with Gasteiger partial charge in [0.1, 0.15) is 11.6 Å². The maximum Gasteiger partial charge on any atom is 0.211 e. The minimum atomic E-state index is -3.30. The van der Waals surface area contributed by atoms with Crippen LogP contribution in [0.3, 0.4) is 0 Å². The SMILES string of the molecule is Cn1cc(-c2cnn3c(N)c(Br)c(C4CNCCN(S(C)(=O)=O)C4)nc23)cn1.Cn1cc(-c2cnn3c(N)c(Br)c(C4CNCCNC4)nc23)cn1. The molecule has 2 fully saturated rings. The number of halogens is 2. The molecule has 0 amide bonds. The first kappa shape index (κ1) is 36.4. The lowest BCUT2D eigenvalue weighted by Crippen LogP contribution is -2.34. The maximum absolute atomic E-state index is 12.1. The van der Waals surface area contributed by atoms with E-state index in [2.05, 4.69) is 68.2 Å². The predicted octanol–water partition coefficient (Wildman–Crippen LogP) is 1.17. The maximum atomic E-state index is 12.1. The highest BCUT2D eigenvalue weighted by Gasteiger charge is 2.29. The Hall–Kier alpha value is -3.99. The molecule has 7 N–H and O–H groups in total. The van der Waals surface area contributed by atoms with Crippen LogP contribution in [0.15, 0.2) is 46.1 Å². The molecule has 1 atom stereocenters. The van der Waals surface area contributed by atoms with Gasteiger partial charge in [-0.05, 0) is 31.9 Å². The summed E-state index contributed by atoms with van der Waals surface area (Å²) in [5.41, 5.74) is 19.3. The van der Waals surface area contributed by atoms with Crippen molar-refractivity contribution in [2.24, 2.45) is 14.1 Å². The molecule has 18 nitrogen and oxygen atoms in total. The summed E-state index contributed by atoms with van der Waals surface area (Å²) >= 11 is 7.15. The lowest BCUT2D eigenvalue weighted by molar-refractivity contribution is 0.417. The molecule has 6 aromatic rings. The van der Waals surface area contributed by atoms with Gasteiger partial charge in [-0.2, -0.15) is 29.4 Å². The van der Waals surface area contributed by atoms with Crippen molar-refractivity contribution in [3.63, 3.8) is 0 Å². The van der Waals surface area contributed by atoms with Crippen molar-refractivity contribution in [1.82, 2.24) is 69.0 Å². The largest absolute Gasteiger partial charge is 0.383 e. The Morgan fingerprint density at radius 1 is 0.712 bits per heavy atom. The normalized spacial score (nSPS) is 18.0. The van der Waals surface area contributed by atoms with Crippen molar-refractivity contribution in [3.05, 3.63) is 57.5 Å². The van der Waals surface area contributed by atoms with Crippen molar-refractivity contribution in [2.45, 2.75) is 11.8 Å². The van der Waals surface area contributed by atoms with Crippen molar-refractivity contribution < 1.29 is 8.42 Å². The number of fused-ring (bicyclic) bond motifs is 2. The summed E-state index contributed by atoms with van der Waals surface area (Å²) < 4.78 is 33.8. The summed E-state index contributed by atoms with van der Waals surface area (Å²) in [5.74, 6) is 1.07. The molecule has 0 bridgehead atoms. The molecule has 8 heterocycles. The number of nitrogens with one attached hydrogen (secondary N) is 3. The zero-order valence-electron chi connectivity index (χ0n) is 28.8. The zero-order chi connectivity index (χ0) is 36.7. The summed E-state index contributed by atoms with van der Waals surface area (Å²) in [6, 6.07) is 0. The highest BCUT2D eigenvalue weighted by molar-refractivity contribution is 9.11. The van der Waals surface area contributed by atoms with Crippen LogP contribution >= 0.6 is 31.9 Å². The van der Waals surface area contributed by atoms with Gasteiger partial charge in [0.05, 0.1) is 51.4 Å². The molecule has 276 valence electrons. The Bertz CT molecular complexity index is 2340. The Balaban J connectivity index is 0.000000164. The van der Waals surface area contributed by atoms with Gasteiger partial charge in [-0.3, -0.25) is 9.36 Å². The number of hydrogen-bond acceptors (Lipinski definition) is 13. The lowest BCUT2D eigenvalue weighted by atomic mass is 10.1. The number of aryl methyl sites for hydroxylation is 2. The van der Waals surface area contributed by atoms with Gasteiger partial charge < -0.3 is 27.4 Å². The third-order valence-corrected chi connectivity index (χ3v) is 12.1. The highest BCUT2D eigenvalue weighted by Crippen LogP contribution is 2.35.